The average Bonchev–Trinajstić information content (AvgIpc) is 2.30. The Hall–Kier alpha value is -1.70. The van der Waals surface area contributed by atoms with Crippen molar-refractivity contribution in [2.75, 3.05) is 0 Å². The van der Waals surface area contributed by atoms with Crippen LogP contribution < -0.4 is 0 Å². The van der Waals surface area contributed by atoms with Gasteiger partial charge < -0.3 is 0 Å². The smallest absolute Gasteiger partial charge is 0.134 e. The molecule has 0 aliphatic heterocycles. The topological polar surface area (TPSA) is 0 Å². The van der Waals surface area contributed by atoms with E-state index in [-0.39, 0.29) is 5.56 Å². The summed E-state index contributed by atoms with van der Waals surface area (Å²) in [5.74, 6) is -0.973. The fraction of sp³-hybridized carbons (Fsp3) is 0.200. The van der Waals surface area contributed by atoms with Crippen molar-refractivity contribution < 1.29 is 8.78 Å². The summed E-state index contributed by atoms with van der Waals surface area (Å²) in [5, 5.41) is 0. The molecule has 2 heteroatoms. The molecule has 0 aliphatic carbocycles. The van der Waals surface area contributed by atoms with E-state index in [1.165, 1.54) is 12.1 Å². The van der Waals surface area contributed by atoms with Gasteiger partial charge in [0.2, 0.25) is 0 Å². The van der Waals surface area contributed by atoms with Gasteiger partial charge in [0, 0.05) is 0 Å². The van der Waals surface area contributed by atoms with E-state index in [9.17, 15) is 8.78 Å². The first kappa shape index (κ1) is 11.8. The number of hydrogen-bond acceptors (Lipinski definition) is 0. The van der Waals surface area contributed by atoms with Crippen molar-refractivity contribution in [3.8, 4) is 11.1 Å². The van der Waals surface area contributed by atoms with E-state index < -0.39 is 11.6 Å². The molecule has 0 atom stereocenters. The van der Waals surface area contributed by atoms with Gasteiger partial charge in [0.1, 0.15) is 11.6 Å². The van der Waals surface area contributed by atoms with Crippen molar-refractivity contribution in [1.82, 2.24) is 0 Å². The molecule has 0 aromatic heterocycles. The van der Waals surface area contributed by atoms with E-state index in [4.69, 9.17) is 0 Å². The fourth-order valence-corrected chi connectivity index (χ4v) is 1.94. The number of halogens is 2. The van der Waals surface area contributed by atoms with Crippen LogP contribution in [0.5, 0.6) is 0 Å². The van der Waals surface area contributed by atoms with Crippen LogP contribution in [-0.4, -0.2) is 0 Å². The highest BCUT2D eigenvalue weighted by atomic mass is 19.1. The first-order valence-electron chi connectivity index (χ1n) is 5.75. The summed E-state index contributed by atoms with van der Waals surface area (Å²) < 4.78 is 27.8. The molecule has 0 saturated carbocycles. The average molecular weight is 232 g/mol. The summed E-state index contributed by atoms with van der Waals surface area (Å²) in [4.78, 5) is 0. The van der Waals surface area contributed by atoms with Gasteiger partial charge in [0.15, 0.2) is 0 Å². The molecule has 0 unspecified atom stereocenters. The standard InChI is InChI=1S/C15H14F2/c1-2-6-11-9-13(16)15(14(17)10-11)12-7-4-3-5-8-12/h3-5,7-10H,2,6H2,1H3. The minimum absolute atomic E-state index is 0.0606. The van der Waals surface area contributed by atoms with Gasteiger partial charge in [-0.1, -0.05) is 43.7 Å². The molecule has 2 aromatic rings. The van der Waals surface area contributed by atoms with Gasteiger partial charge in [-0.2, -0.15) is 0 Å². The highest BCUT2D eigenvalue weighted by Gasteiger charge is 2.12. The van der Waals surface area contributed by atoms with Crippen LogP contribution in [0, 0.1) is 11.6 Å². The maximum atomic E-state index is 13.9. The zero-order chi connectivity index (χ0) is 12.3. The fourth-order valence-electron chi connectivity index (χ4n) is 1.94. The van der Waals surface area contributed by atoms with Crippen molar-refractivity contribution >= 4 is 0 Å². The second kappa shape index (κ2) is 5.09. The van der Waals surface area contributed by atoms with E-state index in [2.05, 4.69) is 0 Å². The van der Waals surface area contributed by atoms with Crippen LogP contribution in [0.15, 0.2) is 42.5 Å². The number of rotatable bonds is 3. The third-order valence-corrected chi connectivity index (χ3v) is 2.70. The van der Waals surface area contributed by atoms with Crippen molar-refractivity contribution in [1.29, 1.82) is 0 Å². The molecular formula is C15H14F2. The predicted molar refractivity (Wildman–Crippen MR) is 65.8 cm³/mol. The van der Waals surface area contributed by atoms with Gasteiger partial charge >= 0.3 is 0 Å². The molecule has 2 rings (SSSR count). The third-order valence-electron chi connectivity index (χ3n) is 2.70. The molecule has 0 spiro atoms. The maximum absolute atomic E-state index is 13.9. The summed E-state index contributed by atoms with van der Waals surface area (Å²) in [6.45, 7) is 1.99. The Morgan fingerprint density at radius 2 is 1.53 bits per heavy atom. The van der Waals surface area contributed by atoms with Gasteiger partial charge in [0.25, 0.3) is 0 Å². The van der Waals surface area contributed by atoms with Crippen LogP contribution in [0.4, 0.5) is 8.78 Å². The van der Waals surface area contributed by atoms with E-state index in [0.717, 1.165) is 6.42 Å². The Balaban J connectivity index is 2.49. The van der Waals surface area contributed by atoms with Gasteiger partial charge in [-0.05, 0) is 29.7 Å². The monoisotopic (exact) mass is 232 g/mol. The maximum Gasteiger partial charge on any atom is 0.134 e. The number of aryl methyl sites for hydroxylation is 1. The van der Waals surface area contributed by atoms with Gasteiger partial charge in [-0.15, -0.1) is 0 Å². The van der Waals surface area contributed by atoms with E-state index in [0.29, 0.717) is 17.5 Å². The Labute approximate surface area is 99.9 Å². The highest BCUT2D eigenvalue weighted by Crippen LogP contribution is 2.27. The summed E-state index contributed by atoms with van der Waals surface area (Å²) in [5.41, 5.74) is 1.35. The first-order chi connectivity index (χ1) is 8.22. The Morgan fingerprint density at radius 3 is 2.06 bits per heavy atom. The van der Waals surface area contributed by atoms with Crippen LogP contribution >= 0.6 is 0 Å². The Kier molecular flexibility index (Phi) is 3.52. The van der Waals surface area contributed by atoms with Gasteiger partial charge in [-0.25, -0.2) is 8.78 Å². The SMILES string of the molecule is CCCc1cc(F)c(-c2ccccc2)c(F)c1. The van der Waals surface area contributed by atoms with Gasteiger partial charge in [-0.3, -0.25) is 0 Å². The Morgan fingerprint density at radius 1 is 0.941 bits per heavy atom. The molecule has 0 nitrogen and oxygen atoms in total. The van der Waals surface area contributed by atoms with Crippen LogP contribution in [-0.2, 0) is 6.42 Å². The minimum atomic E-state index is -0.486. The van der Waals surface area contributed by atoms with Crippen molar-refractivity contribution in [3.05, 3.63) is 59.7 Å². The number of benzene rings is 2. The molecule has 0 bridgehead atoms. The normalized spacial score (nSPS) is 10.5. The third kappa shape index (κ3) is 2.52. The molecule has 0 heterocycles. The molecule has 17 heavy (non-hydrogen) atoms. The molecule has 0 amide bonds. The zero-order valence-corrected chi connectivity index (χ0v) is 9.71. The molecular weight excluding hydrogens is 218 g/mol. The molecule has 2 aromatic carbocycles. The van der Waals surface area contributed by atoms with Crippen molar-refractivity contribution in [2.24, 2.45) is 0 Å². The minimum Gasteiger partial charge on any atom is -0.206 e. The molecule has 0 N–H and O–H groups in total. The Bertz CT molecular complexity index is 481. The zero-order valence-electron chi connectivity index (χ0n) is 9.71. The molecule has 0 aliphatic rings. The van der Waals surface area contributed by atoms with E-state index in [1.54, 1.807) is 24.3 Å². The summed E-state index contributed by atoms with van der Waals surface area (Å²) in [6, 6.07) is 11.6. The predicted octanol–water partition coefficient (Wildman–Crippen LogP) is 4.58. The lowest BCUT2D eigenvalue weighted by Gasteiger charge is -2.07. The first-order valence-corrected chi connectivity index (χ1v) is 5.75. The van der Waals surface area contributed by atoms with Crippen LogP contribution in [0.25, 0.3) is 11.1 Å². The lowest BCUT2D eigenvalue weighted by molar-refractivity contribution is 0.585. The van der Waals surface area contributed by atoms with Crippen molar-refractivity contribution in [3.63, 3.8) is 0 Å². The van der Waals surface area contributed by atoms with Crippen molar-refractivity contribution in [2.45, 2.75) is 19.8 Å². The summed E-state index contributed by atoms with van der Waals surface area (Å²) in [7, 11) is 0. The van der Waals surface area contributed by atoms with E-state index in [1.807, 2.05) is 13.0 Å². The quantitative estimate of drug-likeness (QED) is 0.726. The molecule has 0 saturated heterocycles. The van der Waals surface area contributed by atoms with Crippen LogP contribution in [0.3, 0.4) is 0 Å². The summed E-state index contributed by atoms with van der Waals surface area (Å²) >= 11 is 0. The summed E-state index contributed by atoms with van der Waals surface area (Å²) in [6.07, 6.45) is 1.58. The van der Waals surface area contributed by atoms with Crippen LogP contribution in [0.1, 0.15) is 18.9 Å². The second-order valence-electron chi connectivity index (χ2n) is 4.05. The lowest BCUT2D eigenvalue weighted by atomic mass is 10.0. The molecule has 0 radical (unpaired) electrons. The molecule has 0 fully saturated rings. The lowest BCUT2D eigenvalue weighted by Crippen LogP contribution is -1.94. The number of hydrogen-bond donors (Lipinski definition) is 0. The van der Waals surface area contributed by atoms with E-state index >= 15 is 0 Å². The largest absolute Gasteiger partial charge is 0.206 e. The molecule has 88 valence electrons. The van der Waals surface area contributed by atoms with Gasteiger partial charge in [0.05, 0.1) is 5.56 Å². The highest BCUT2D eigenvalue weighted by molar-refractivity contribution is 5.65. The second-order valence-corrected chi connectivity index (χ2v) is 4.05. The van der Waals surface area contributed by atoms with Crippen LogP contribution in [0.2, 0.25) is 0 Å².